The molecule has 3 aliphatic rings. The summed E-state index contributed by atoms with van der Waals surface area (Å²) in [4.78, 5) is 0. The molecular weight excluding hydrogens is 620 g/mol. The summed E-state index contributed by atoms with van der Waals surface area (Å²) in [5, 5.41) is 0. The second-order valence-electron chi connectivity index (χ2n) is 7.84. The fourth-order valence-corrected chi connectivity index (χ4v) is 7.03. The van der Waals surface area contributed by atoms with E-state index in [1.165, 1.54) is 43.4 Å². The molecule has 0 fully saturated rings. The van der Waals surface area contributed by atoms with Gasteiger partial charge in [-0.2, -0.15) is 0 Å². The Morgan fingerprint density at radius 2 is 1.24 bits per heavy atom. The van der Waals surface area contributed by atoms with Crippen LogP contribution in [0.4, 0.5) is 0 Å². The molecule has 0 bridgehead atoms. The van der Waals surface area contributed by atoms with E-state index in [1.54, 1.807) is 0 Å². The van der Waals surface area contributed by atoms with Gasteiger partial charge in [-0.1, -0.05) is 88.0 Å². The first-order valence-electron chi connectivity index (χ1n) is 9.48. The van der Waals surface area contributed by atoms with Gasteiger partial charge in [0.15, 0.2) is 0 Å². The molecule has 142 valence electrons. The molecule has 3 aromatic carbocycles. The molecule has 0 nitrogen and oxygen atoms in total. The summed E-state index contributed by atoms with van der Waals surface area (Å²) >= 11 is 15.0. The van der Waals surface area contributed by atoms with Crippen LogP contribution in [0.3, 0.4) is 0 Å². The van der Waals surface area contributed by atoms with Crippen molar-refractivity contribution < 1.29 is 0 Å². The molecule has 0 N–H and O–H groups in total. The van der Waals surface area contributed by atoms with E-state index >= 15 is 0 Å². The number of benzene rings is 3. The lowest BCUT2D eigenvalue weighted by molar-refractivity contribution is 0.706. The van der Waals surface area contributed by atoms with Gasteiger partial charge < -0.3 is 0 Å². The van der Waals surface area contributed by atoms with Crippen LogP contribution < -0.4 is 0 Å². The second kappa shape index (κ2) is 6.53. The summed E-state index contributed by atoms with van der Waals surface area (Å²) < 4.78 is 4.54. The third-order valence-electron chi connectivity index (χ3n) is 6.51. The molecule has 0 aromatic heterocycles. The second-order valence-corrected chi connectivity index (χ2v) is 11.5. The van der Waals surface area contributed by atoms with Gasteiger partial charge in [-0.05, 0) is 87.8 Å². The largest absolute Gasteiger partial charge is 0.0693 e. The molecule has 0 aliphatic heterocycles. The van der Waals surface area contributed by atoms with Gasteiger partial charge in [0.05, 0.1) is 5.41 Å². The zero-order valence-electron chi connectivity index (χ0n) is 15.1. The molecule has 0 radical (unpaired) electrons. The maximum atomic E-state index is 3.78. The van der Waals surface area contributed by atoms with Gasteiger partial charge in [0.1, 0.15) is 0 Å². The molecule has 0 heterocycles. The number of hydrogen-bond donors (Lipinski definition) is 0. The Hall–Kier alpha value is -0.940. The molecule has 4 heteroatoms. The average molecular weight is 634 g/mol. The molecule has 1 spiro atoms. The van der Waals surface area contributed by atoms with Crippen molar-refractivity contribution in [3.8, 4) is 11.1 Å². The first-order valence-corrected chi connectivity index (χ1v) is 12.7. The summed E-state index contributed by atoms with van der Waals surface area (Å²) in [6, 6.07) is 20.3. The molecular formula is C25H14Br4. The highest BCUT2D eigenvalue weighted by Gasteiger charge is 2.55. The standard InChI is InChI=1S/C25H14Br4/c26-13-1-5-17-18-6-2-14(27)10-22(18)25(21(17)9-13)23-11-15(28)3-7-19(23)20-8-4-16(29)12-24(20)25/h1-7,9-12,20H,8H2. The monoisotopic (exact) mass is 630 g/mol. The quantitative estimate of drug-likeness (QED) is 0.232. The smallest absolute Gasteiger partial charge is 0.0687 e. The normalized spacial score (nSPS) is 19.9. The van der Waals surface area contributed by atoms with Gasteiger partial charge in [0.2, 0.25) is 0 Å². The van der Waals surface area contributed by atoms with Gasteiger partial charge in [0, 0.05) is 23.8 Å². The highest BCUT2D eigenvalue weighted by Crippen LogP contribution is 2.66. The van der Waals surface area contributed by atoms with Crippen LogP contribution in [0.1, 0.15) is 34.6 Å². The van der Waals surface area contributed by atoms with E-state index in [0.717, 1.165) is 19.8 Å². The van der Waals surface area contributed by atoms with Crippen molar-refractivity contribution in [1.82, 2.24) is 0 Å². The molecule has 3 aromatic rings. The maximum absolute atomic E-state index is 3.78. The Morgan fingerprint density at radius 3 is 1.86 bits per heavy atom. The first-order chi connectivity index (χ1) is 14.0. The minimum Gasteiger partial charge on any atom is -0.0693 e. The van der Waals surface area contributed by atoms with Crippen molar-refractivity contribution in [2.75, 3.05) is 0 Å². The zero-order chi connectivity index (χ0) is 19.9. The third kappa shape index (κ3) is 2.46. The van der Waals surface area contributed by atoms with Crippen LogP contribution in [-0.2, 0) is 5.41 Å². The van der Waals surface area contributed by atoms with Crippen molar-refractivity contribution in [1.29, 1.82) is 0 Å². The lowest BCUT2D eigenvalue weighted by Gasteiger charge is -2.33. The maximum Gasteiger partial charge on any atom is 0.0687 e. The molecule has 1 unspecified atom stereocenters. The molecule has 0 amide bonds. The average Bonchev–Trinajstić information content (AvgIpc) is 3.13. The predicted molar refractivity (Wildman–Crippen MR) is 134 cm³/mol. The Kier molecular flexibility index (Phi) is 4.23. The van der Waals surface area contributed by atoms with E-state index in [9.17, 15) is 0 Å². The van der Waals surface area contributed by atoms with E-state index in [4.69, 9.17) is 0 Å². The van der Waals surface area contributed by atoms with Crippen LogP contribution in [0.2, 0.25) is 0 Å². The number of fused-ring (bicyclic) bond motifs is 10. The fraction of sp³-hybridized carbons (Fsp3) is 0.120. The molecule has 3 aliphatic carbocycles. The number of rotatable bonds is 0. The van der Waals surface area contributed by atoms with Gasteiger partial charge in [-0.3, -0.25) is 0 Å². The fourth-order valence-electron chi connectivity index (χ4n) is 5.51. The summed E-state index contributed by atoms with van der Waals surface area (Å²) in [5.74, 6) is 0.399. The zero-order valence-corrected chi connectivity index (χ0v) is 21.5. The Labute approximate surface area is 203 Å². The minimum absolute atomic E-state index is 0.269. The molecule has 0 saturated heterocycles. The molecule has 0 saturated carbocycles. The van der Waals surface area contributed by atoms with Crippen molar-refractivity contribution in [3.05, 3.63) is 112 Å². The lowest BCUT2D eigenvalue weighted by atomic mass is 9.69. The Balaban J connectivity index is 1.84. The summed E-state index contributed by atoms with van der Waals surface area (Å²) in [6.45, 7) is 0. The predicted octanol–water partition coefficient (Wildman–Crippen LogP) is 8.99. The van der Waals surface area contributed by atoms with E-state index in [1.807, 2.05) is 0 Å². The van der Waals surface area contributed by atoms with Crippen molar-refractivity contribution in [3.63, 3.8) is 0 Å². The van der Waals surface area contributed by atoms with Crippen LogP contribution in [0.25, 0.3) is 11.1 Å². The molecule has 1 atom stereocenters. The van der Waals surface area contributed by atoms with Gasteiger partial charge in [0.25, 0.3) is 0 Å². The van der Waals surface area contributed by atoms with Crippen LogP contribution >= 0.6 is 63.7 Å². The molecule has 29 heavy (non-hydrogen) atoms. The first kappa shape index (κ1) is 18.8. The SMILES string of the molecule is BrC1=CCC2C(=C1)C1(c3cc(Br)ccc3-c3ccc(Br)cc31)c1cc(Br)ccc12. The van der Waals surface area contributed by atoms with Gasteiger partial charge in [-0.15, -0.1) is 0 Å². The minimum atomic E-state index is -0.269. The van der Waals surface area contributed by atoms with Crippen LogP contribution in [-0.4, -0.2) is 0 Å². The number of allylic oxidation sites excluding steroid dienone is 4. The van der Waals surface area contributed by atoms with E-state index in [-0.39, 0.29) is 5.41 Å². The van der Waals surface area contributed by atoms with Gasteiger partial charge >= 0.3 is 0 Å². The highest BCUT2D eigenvalue weighted by atomic mass is 79.9. The van der Waals surface area contributed by atoms with Crippen molar-refractivity contribution in [2.45, 2.75) is 17.8 Å². The lowest BCUT2D eigenvalue weighted by Crippen LogP contribution is -2.27. The topological polar surface area (TPSA) is 0 Å². The van der Waals surface area contributed by atoms with Gasteiger partial charge in [-0.25, -0.2) is 0 Å². The summed E-state index contributed by atoms with van der Waals surface area (Å²) in [6.07, 6.45) is 5.69. The third-order valence-corrected chi connectivity index (χ3v) is 8.54. The highest BCUT2D eigenvalue weighted by molar-refractivity contribution is 9.12. The number of hydrogen-bond acceptors (Lipinski definition) is 0. The molecule has 6 rings (SSSR count). The van der Waals surface area contributed by atoms with Crippen LogP contribution in [0, 0.1) is 0 Å². The van der Waals surface area contributed by atoms with Crippen LogP contribution in [0.15, 0.2) is 90.2 Å². The summed E-state index contributed by atoms with van der Waals surface area (Å²) in [7, 11) is 0. The summed E-state index contributed by atoms with van der Waals surface area (Å²) in [5.41, 5.74) is 9.43. The number of halogens is 4. The van der Waals surface area contributed by atoms with E-state index in [2.05, 4.69) is 130 Å². The van der Waals surface area contributed by atoms with E-state index < -0.39 is 0 Å². The Morgan fingerprint density at radius 1 is 0.690 bits per heavy atom. The van der Waals surface area contributed by atoms with E-state index in [0.29, 0.717) is 5.92 Å². The van der Waals surface area contributed by atoms with Crippen molar-refractivity contribution in [2.24, 2.45) is 0 Å². The Bertz CT molecular complexity index is 1230. The van der Waals surface area contributed by atoms with Crippen LogP contribution in [0.5, 0.6) is 0 Å². The van der Waals surface area contributed by atoms with Crippen molar-refractivity contribution >= 4 is 63.7 Å².